The first-order valence-electron chi connectivity index (χ1n) is 15.4. The van der Waals surface area contributed by atoms with E-state index in [0.29, 0.717) is 58.0 Å². The average molecular weight is 643 g/mol. The van der Waals surface area contributed by atoms with Crippen molar-refractivity contribution in [2.45, 2.75) is 71.3 Å². The van der Waals surface area contributed by atoms with Gasteiger partial charge >= 0.3 is 6.18 Å². The summed E-state index contributed by atoms with van der Waals surface area (Å²) in [5, 5.41) is 4.78. The largest absolute Gasteiger partial charge is 0.480 e. The molecule has 7 rings (SSSR count). The molecule has 1 saturated carbocycles. The molecule has 5 heterocycles. The van der Waals surface area contributed by atoms with Gasteiger partial charge in [0, 0.05) is 36.0 Å². The second kappa shape index (κ2) is 11.6. The first kappa shape index (κ1) is 30.5. The van der Waals surface area contributed by atoms with Gasteiger partial charge in [0.2, 0.25) is 5.88 Å². The minimum absolute atomic E-state index is 0.156. The average Bonchev–Trinajstić information content (AvgIpc) is 3.43. The summed E-state index contributed by atoms with van der Waals surface area (Å²) in [6.07, 6.45) is 3.69. The number of fused-ring (bicyclic) bond motifs is 1. The Kier molecular flexibility index (Phi) is 7.52. The third-order valence-corrected chi connectivity index (χ3v) is 8.21. The van der Waals surface area contributed by atoms with Gasteiger partial charge in [0.25, 0.3) is 0 Å². The normalized spacial score (nSPS) is 13.7. The fourth-order valence-electron chi connectivity index (χ4n) is 5.62. The van der Waals surface area contributed by atoms with Crippen molar-refractivity contribution >= 4 is 11.2 Å². The molecule has 1 aromatic carbocycles. The number of nitrogens with zero attached hydrogens (tertiary/aromatic N) is 10. The second-order valence-corrected chi connectivity index (χ2v) is 12.3. The van der Waals surface area contributed by atoms with Gasteiger partial charge in [0.1, 0.15) is 28.9 Å². The molecule has 0 amide bonds. The molecule has 11 nitrogen and oxygen atoms in total. The first-order chi connectivity index (χ1) is 22.5. The molecule has 0 saturated heterocycles. The topological polar surface area (TPSA) is 114 Å². The summed E-state index contributed by atoms with van der Waals surface area (Å²) >= 11 is 0. The van der Waals surface area contributed by atoms with E-state index in [0.717, 1.165) is 30.3 Å². The lowest BCUT2D eigenvalue weighted by molar-refractivity contribution is -0.140. The van der Waals surface area contributed by atoms with E-state index in [1.165, 1.54) is 6.33 Å². The summed E-state index contributed by atoms with van der Waals surface area (Å²) in [5.74, 6) is 2.02. The predicted octanol–water partition coefficient (Wildman–Crippen LogP) is 7.13. The van der Waals surface area contributed by atoms with Crippen molar-refractivity contribution in [3.8, 4) is 40.2 Å². The van der Waals surface area contributed by atoms with Crippen LogP contribution in [-0.4, -0.2) is 55.9 Å². The Morgan fingerprint density at radius 1 is 0.915 bits per heavy atom. The van der Waals surface area contributed by atoms with Crippen molar-refractivity contribution in [1.82, 2.24) is 48.8 Å². The zero-order chi connectivity index (χ0) is 33.0. The van der Waals surface area contributed by atoms with Crippen LogP contribution in [0.25, 0.3) is 45.5 Å². The molecule has 0 bridgehead atoms. The molecule has 0 aliphatic heterocycles. The van der Waals surface area contributed by atoms with E-state index >= 15 is 0 Å². The summed E-state index contributed by atoms with van der Waals surface area (Å²) < 4.78 is 51.5. The Balaban J connectivity index is 1.32. The number of hydrogen-bond acceptors (Lipinski definition) is 8. The summed E-state index contributed by atoms with van der Waals surface area (Å²) in [7, 11) is 1.57. The van der Waals surface area contributed by atoms with Crippen LogP contribution in [0.1, 0.15) is 75.5 Å². The zero-order valence-electron chi connectivity index (χ0n) is 26.6. The molecule has 5 aromatic heterocycles. The molecule has 0 spiro atoms. The minimum Gasteiger partial charge on any atom is -0.480 e. The molecule has 14 heteroatoms. The van der Waals surface area contributed by atoms with Gasteiger partial charge in [0.05, 0.1) is 25.5 Å². The van der Waals surface area contributed by atoms with E-state index in [1.807, 2.05) is 61.3 Å². The Labute approximate surface area is 268 Å². The standard InChI is InChI=1S/C33H33F3N10O/c1-18(2)44-16-25(33(34,35)36)41-29(44)22-8-6-20(7-9-22)15-45-30(23-12-13-46(43-23)19(3)4)40-24-14-37-28(42-31(24)45)26-27(21-10-11-21)38-17-39-32(26)47-5/h6-9,12-14,16-19,21H,10-11,15H2,1-5H3. The highest BCUT2D eigenvalue weighted by atomic mass is 19.4. The lowest BCUT2D eigenvalue weighted by Gasteiger charge is -2.13. The van der Waals surface area contributed by atoms with Gasteiger partial charge in [-0.1, -0.05) is 24.3 Å². The van der Waals surface area contributed by atoms with E-state index in [-0.39, 0.29) is 17.9 Å². The zero-order valence-corrected chi connectivity index (χ0v) is 26.6. The molecule has 1 fully saturated rings. The Bertz CT molecular complexity index is 2070. The SMILES string of the molecule is COc1ncnc(C2CC2)c1-c1ncc2nc(-c3ccn(C(C)C)n3)n(Cc3ccc(-c4nc(C(F)(F)F)cn4C(C)C)cc3)c2n1. The fraction of sp³-hybridized carbons (Fsp3) is 0.364. The van der Waals surface area contributed by atoms with E-state index in [9.17, 15) is 13.2 Å². The molecule has 6 aromatic rings. The lowest BCUT2D eigenvalue weighted by atomic mass is 10.1. The highest BCUT2D eigenvalue weighted by Gasteiger charge is 2.35. The highest BCUT2D eigenvalue weighted by Crippen LogP contribution is 2.45. The van der Waals surface area contributed by atoms with E-state index in [1.54, 1.807) is 30.0 Å². The van der Waals surface area contributed by atoms with Gasteiger partial charge in [0.15, 0.2) is 23.0 Å². The lowest BCUT2D eigenvalue weighted by Crippen LogP contribution is -2.07. The number of alkyl halides is 3. The molecule has 47 heavy (non-hydrogen) atoms. The second-order valence-electron chi connectivity index (χ2n) is 12.3. The van der Waals surface area contributed by atoms with Gasteiger partial charge in [-0.3, -0.25) is 4.68 Å². The molecule has 242 valence electrons. The highest BCUT2D eigenvalue weighted by molar-refractivity contribution is 5.79. The third-order valence-electron chi connectivity index (χ3n) is 8.21. The number of rotatable bonds is 9. The molecule has 1 aliphatic rings. The maximum atomic E-state index is 13.5. The van der Waals surface area contributed by atoms with Gasteiger partial charge in [-0.15, -0.1) is 0 Å². The molecule has 0 atom stereocenters. The van der Waals surface area contributed by atoms with Crippen LogP contribution in [-0.2, 0) is 12.7 Å². The first-order valence-corrected chi connectivity index (χ1v) is 15.4. The van der Waals surface area contributed by atoms with Crippen LogP contribution in [0.5, 0.6) is 5.88 Å². The maximum absolute atomic E-state index is 13.5. The smallest absolute Gasteiger partial charge is 0.434 e. The number of aromatic nitrogens is 10. The van der Waals surface area contributed by atoms with Crippen LogP contribution in [0.15, 0.2) is 55.2 Å². The minimum atomic E-state index is -4.54. The summed E-state index contributed by atoms with van der Waals surface area (Å²) in [5.41, 5.74) is 3.93. The molecular weight excluding hydrogens is 609 g/mol. The molecule has 0 unspecified atom stereocenters. The van der Waals surface area contributed by atoms with Crippen molar-refractivity contribution in [3.63, 3.8) is 0 Å². The number of halogens is 3. The van der Waals surface area contributed by atoms with Crippen LogP contribution >= 0.6 is 0 Å². The van der Waals surface area contributed by atoms with Gasteiger partial charge in [-0.2, -0.15) is 18.3 Å². The summed E-state index contributed by atoms with van der Waals surface area (Å²) in [4.78, 5) is 27.4. The van der Waals surface area contributed by atoms with E-state index < -0.39 is 11.9 Å². The molecule has 1 aliphatic carbocycles. The number of benzene rings is 1. The van der Waals surface area contributed by atoms with Gasteiger partial charge in [-0.05, 0) is 52.2 Å². The maximum Gasteiger partial charge on any atom is 0.434 e. The van der Waals surface area contributed by atoms with Crippen molar-refractivity contribution in [3.05, 3.63) is 72.2 Å². The molecule has 0 radical (unpaired) electrons. The van der Waals surface area contributed by atoms with E-state index in [4.69, 9.17) is 19.8 Å². The molecule has 0 N–H and O–H groups in total. The molecular formula is C33H33F3N10O. The van der Waals surface area contributed by atoms with E-state index in [2.05, 4.69) is 19.9 Å². The number of ether oxygens (including phenoxy) is 1. The number of imidazole rings is 2. The number of methoxy groups -OCH3 is 1. The van der Waals surface area contributed by atoms with Gasteiger partial charge < -0.3 is 13.9 Å². The third kappa shape index (κ3) is 5.72. The summed E-state index contributed by atoms with van der Waals surface area (Å²) in [6.45, 7) is 8.11. The van der Waals surface area contributed by atoms with Crippen molar-refractivity contribution in [2.75, 3.05) is 7.11 Å². The van der Waals surface area contributed by atoms with Crippen LogP contribution in [0.4, 0.5) is 13.2 Å². The monoisotopic (exact) mass is 642 g/mol. The Hall–Kier alpha value is -5.14. The van der Waals surface area contributed by atoms with Crippen LogP contribution < -0.4 is 4.74 Å². The Morgan fingerprint density at radius 2 is 1.68 bits per heavy atom. The van der Waals surface area contributed by atoms with Crippen molar-refractivity contribution in [1.29, 1.82) is 0 Å². The van der Waals surface area contributed by atoms with Crippen molar-refractivity contribution < 1.29 is 17.9 Å². The predicted molar refractivity (Wildman–Crippen MR) is 169 cm³/mol. The quantitative estimate of drug-likeness (QED) is 0.164. The number of hydrogen-bond donors (Lipinski definition) is 0. The van der Waals surface area contributed by atoms with Crippen molar-refractivity contribution in [2.24, 2.45) is 0 Å². The summed E-state index contributed by atoms with van der Waals surface area (Å²) in [6, 6.07) is 9.20. The van der Waals surface area contributed by atoms with Crippen LogP contribution in [0, 0.1) is 0 Å². The van der Waals surface area contributed by atoms with Crippen LogP contribution in [0.3, 0.4) is 0 Å². The Morgan fingerprint density at radius 3 is 2.32 bits per heavy atom. The van der Waals surface area contributed by atoms with Crippen LogP contribution in [0.2, 0.25) is 0 Å². The van der Waals surface area contributed by atoms with Gasteiger partial charge in [-0.25, -0.2) is 29.9 Å². The fourth-order valence-corrected chi connectivity index (χ4v) is 5.62.